The number of nitrogens with zero attached hydrogens (tertiary/aromatic N) is 1. The second-order valence-corrected chi connectivity index (χ2v) is 6.54. The number of pyridine rings is 1. The van der Waals surface area contributed by atoms with Gasteiger partial charge in [0.25, 0.3) is 5.91 Å². The number of ether oxygens (including phenoxy) is 1. The van der Waals surface area contributed by atoms with E-state index in [2.05, 4.69) is 15.6 Å². The number of aromatic nitrogens is 1. The third-order valence-corrected chi connectivity index (χ3v) is 4.16. The molecule has 3 aromatic rings. The van der Waals surface area contributed by atoms with Crippen molar-refractivity contribution in [3.8, 4) is 11.5 Å². The molecule has 0 bridgehead atoms. The van der Waals surface area contributed by atoms with E-state index in [0.29, 0.717) is 0 Å². The molecule has 0 aliphatic heterocycles. The average molecular weight is 459 g/mol. The van der Waals surface area contributed by atoms with Gasteiger partial charge in [0.2, 0.25) is 0 Å². The number of carbonyl (C=O) groups excluding carboxylic acids is 1. The molecule has 0 atom stereocenters. The molecule has 0 saturated heterocycles. The summed E-state index contributed by atoms with van der Waals surface area (Å²) in [6, 6.07) is 13.5. The zero-order valence-corrected chi connectivity index (χ0v) is 16.8. The lowest BCUT2D eigenvalue weighted by Gasteiger charge is -2.17. The van der Waals surface area contributed by atoms with Crippen LogP contribution in [0.1, 0.15) is 0 Å². The molecule has 1 aromatic heterocycles. The van der Waals surface area contributed by atoms with Crippen molar-refractivity contribution in [3.63, 3.8) is 0 Å². The van der Waals surface area contributed by atoms with Gasteiger partial charge in [-0.25, -0.2) is 9.37 Å². The van der Waals surface area contributed by atoms with Crippen molar-refractivity contribution in [1.29, 1.82) is 5.41 Å². The van der Waals surface area contributed by atoms with Crippen molar-refractivity contribution < 1.29 is 27.1 Å². The van der Waals surface area contributed by atoms with Crippen molar-refractivity contribution in [3.05, 3.63) is 83.9 Å². The molecular weight excluding hydrogens is 442 g/mol. The van der Waals surface area contributed by atoms with Crippen LogP contribution in [0.2, 0.25) is 0 Å². The van der Waals surface area contributed by atoms with Crippen LogP contribution in [-0.2, 0) is 4.79 Å². The van der Waals surface area contributed by atoms with Gasteiger partial charge in [-0.15, -0.1) is 0 Å². The number of hydrogen-bond donors (Lipinski definition) is 4. The van der Waals surface area contributed by atoms with Crippen molar-refractivity contribution >= 4 is 29.3 Å². The molecule has 3 rings (SSSR count). The number of alkyl halides is 3. The van der Waals surface area contributed by atoms with E-state index >= 15 is 0 Å². The monoisotopic (exact) mass is 459 g/mol. The summed E-state index contributed by atoms with van der Waals surface area (Å²) in [6.45, 7) is 0. The van der Waals surface area contributed by atoms with Crippen LogP contribution in [0.5, 0.6) is 11.5 Å². The van der Waals surface area contributed by atoms with Crippen LogP contribution >= 0.6 is 0 Å². The van der Waals surface area contributed by atoms with Gasteiger partial charge in [0, 0.05) is 35.9 Å². The van der Waals surface area contributed by atoms with E-state index in [1.54, 1.807) is 6.07 Å². The molecule has 0 spiro atoms. The molecule has 0 saturated carbocycles. The Labute approximate surface area is 185 Å². The van der Waals surface area contributed by atoms with Gasteiger partial charge in [-0.1, -0.05) is 18.2 Å². The Morgan fingerprint density at radius 1 is 1.03 bits per heavy atom. The van der Waals surface area contributed by atoms with Crippen molar-refractivity contribution in [1.82, 2.24) is 4.98 Å². The lowest BCUT2D eigenvalue weighted by Crippen LogP contribution is -2.27. The second-order valence-electron chi connectivity index (χ2n) is 6.54. The standard InChI is InChI=1S/C22H17F4N5O2/c23-17-10-14(6-7-18(17)33-15-8-9-29-19(28)11-15)31-21(32)16(12-27)20(22(24,25)26)30-13-4-2-1-3-5-13/h1-12,27,30H,(H2,28,29)(H,31,32)/b20-16+,27-12?. The molecule has 0 radical (unpaired) electrons. The van der Waals surface area contributed by atoms with Gasteiger partial charge in [-0.05, 0) is 30.3 Å². The van der Waals surface area contributed by atoms with E-state index in [0.717, 1.165) is 6.07 Å². The van der Waals surface area contributed by atoms with E-state index in [9.17, 15) is 22.4 Å². The molecule has 170 valence electrons. The Kier molecular flexibility index (Phi) is 6.91. The predicted octanol–water partition coefficient (Wildman–Crippen LogP) is 5.11. The number of amides is 1. The Morgan fingerprint density at radius 3 is 2.36 bits per heavy atom. The smallest absolute Gasteiger partial charge is 0.432 e. The van der Waals surface area contributed by atoms with E-state index < -0.39 is 29.2 Å². The van der Waals surface area contributed by atoms with Crippen LogP contribution < -0.4 is 21.1 Å². The zero-order chi connectivity index (χ0) is 24.0. The predicted molar refractivity (Wildman–Crippen MR) is 116 cm³/mol. The van der Waals surface area contributed by atoms with Gasteiger partial charge >= 0.3 is 6.18 Å². The lowest BCUT2D eigenvalue weighted by atomic mass is 10.1. The van der Waals surface area contributed by atoms with Gasteiger partial charge in [0.15, 0.2) is 11.6 Å². The van der Waals surface area contributed by atoms with Gasteiger partial charge < -0.3 is 26.5 Å². The van der Waals surface area contributed by atoms with Crippen LogP contribution in [0.15, 0.2) is 78.1 Å². The number of para-hydroxylation sites is 1. The van der Waals surface area contributed by atoms with E-state index in [1.807, 2.05) is 0 Å². The maximum Gasteiger partial charge on any atom is 0.432 e. The minimum atomic E-state index is -4.96. The molecule has 7 nitrogen and oxygen atoms in total. The summed E-state index contributed by atoms with van der Waals surface area (Å²) in [6.07, 6.45) is -3.32. The first-order chi connectivity index (χ1) is 15.7. The van der Waals surface area contributed by atoms with Crippen molar-refractivity contribution in [2.75, 3.05) is 16.4 Å². The van der Waals surface area contributed by atoms with Crippen molar-refractivity contribution in [2.45, 2.75) is 6.18 Å². The molecule has 1 amide bonds. The average Bonchev–Trinajstić information content (AvgIpc) is 2.75. The Morgan fingerprint density at radius 2 is 1.76 bits per heavy atom. The maximum absolute atomic E-state index is 14.4. The number of allylic oxidation sites excluding steroid dienone is 1. The normalized spacial score (nSPS) is 11.9. The highest BCUT2D eigenvalue weighted by Gasteiger charge is 2.38. The summed E-state index contributed by atoms with van der Waals surface area (Å²) in [4.78, 5) is 16.3. The highest BCUT2D eigenvalue weighted by atomic mass is 19.4. The van der Waals surface area contributed by atoms with Crippen LogP contribution in [0.3, 0.4) is 0 Å². The summed E-state index contributed by atoms with van der Waals surface area (Å²) < 4.78 is 60.6. The van der Waals surface area contributed by atoms with Crippen LogP contribution in [-0.4, -0.2) is 23.3 Å². The fraction of sp³-hybridized carbons (Fsp3) is 0.0455. The lowest BCUT2D eigenvalue weighted by molar-refractivity contribution is -0.114. The number of rotatable bonds is 7. The quantitative estimate of drug-likeness (QED) is 0.223. The molecule has 33 heavy (non-hydrogen) atoms. The van der Waals surface area contributed by atoms with Gasteiger partial charge in [-0.3, -0.25) is 4.79 Å². The first-order valence-corrected chi connectivity index (χ1v) is 9.31. The molecule has 2 aromatic carbocycles. The summed E-state index contributed by atoms with van der Waals surface area (Å²) >= 11 is 0. The van der Waals surface area contributed by atoms with Gasteiger partial charge in [0.1, 0.15) is 17.3 Å². The highest BCUT2D eigenvalue weighted by Crippen LogP contribution is 2.31. The molecule has 11 heteroatoms. The number of nitrogens with two attached hydrogens (primary N) is 1. The van der Waals surface area contributed by atoms with Crippen LogP contribution in [0, 0.1) is 11.2 Å². The summed E-state index contributed by atoms with van der Waals surface area (Å²) in [5, 5.41) is 11.6. The number of halogens is 4. The summed E-state index contributed by atoms with van der Waals surface area (Å²) in [5.41, 5.74) is 3.05. The molecule has 1 heterocycles. The van der Waals surface area contributed by atoms with Gasteiger partial charge in [-0.2, -0.15) is 13.2 Å². The third-order valence-electron chi connectivity index (χ3n) is 4.16. The first-order valence-electron chi connectivity index (χ1n) is 9.31. The Bertz CT molecular complexity index is 1200. The number of nitrogens with one attached hydrogen (secondary N) is 3. The topological polar surface area (TPSA) is 113 Å². The van der Waals surface area contributed by atoms with Crippen molar-refractivity contribution in [2.24, 2.45) is 0 Å². The highest BCUT2D eigenvalue weighted by molar-refractivity contribution is 6.18. The minimum Gasteiger partial charge on any atom is -0.454 e. The SMILES string of the molecule is N=C/C(C(=O)Nc1ccc(Oc2ccnc(N)c2)c(F)c1)=C(\Nc1ccccc1)C(F)(F)F. The van der Waals surface area contributed by atoms with Crippen LogP contribution in [0.4, 0.5) is 34.8 Å². The molecule has 0 aliphatic carbocycles. The number of benzene rings is 2. The Balaban J connectivity index is 1.84. The number of carbonyl (C=O) groups is 1. The summed E-state index contributed by atoms with van der Waals surface area (Å²) in [7, 11) is 0. The molecule has 5 N–H and O–H groups in total. The van der Waals surface area contributed by atoms with E-state index in [1.165, 1.54) is 54.7 Å². The van der Waals surface area contributed by atoms with Crippen LogP contribution in [0.25, 0.3) is 0 Å². The number of hydrogen-bond acceptors (Lipinski definition) is 6. The number of nitrogen functional groups attached to an aromatic ring is 1. The molecular formula is C22H17F4N5O2. The summed E-state index contributed by atoms with van der Waals surface area (Å²) in [5.74, 6) is -1.97. The second kappa shape index (κ2) is 9.81. The minimum absolute atomic E-state index is 0.0706. The fourth-order valence-corrected chi connectivity index (χ4v) is 2.69. The van der Waals surface area contributed by atoms with E-state index in [4.69, 9.17) is 15.9 Å². The van der Waals surface area contributed by atoms with Gasteiger partial charge in [0.05, 0.1) is 5.57 Å². The Hall–Kier alpha value is -4.41. The van der Waals surface area contributed by atoms with E-state index in [-0.39, 0.29) is 34.9 Å². The largest absolute Gasteiger partial charge is 0.454 e. The maximum atomic E-state index is 14.4. The first kappa shape index (κ1) is 23.3. The molecule has 0 aliphatic rings. The number of anilines is 3. The third kappa shape index (κ3) is 6.06. The zero-order valence-electron chi connectivity index (χ0n) is 16.8. The fourth-order valence-electron chi connectivity index (χ4n) is 2.69. The molecule has 0 unspecified atom stereocenters. The molecule has 0 fully saturated rings.